The van der Waals surface area contributed by atoms with E-state index in [1.165, 1.54) is 11.1 Å². The summed E-state index contributed by atoms with van der Waals surface area (Å²) in [5, 5.41) is 3.17. The van der Waals surface area contributed by atoms with E-state index >= 15 is 0 Å². The lowest BCUT2D eigenvalue weighted by molar-refractivity contribution is 0.231. The minimum absolute atomic E-state index is 0.698. The molecular formula is C18H24N2O. The van der Waals surface area contributed by atoms with Crippen molar-refractivity contribution < 1.29 is 4.74 Å². The molecular weight excluding hydrogens is 260 g/mol. The van der Waals surface area contributed by atoms with E-state index in [0.717, 1.165) is 25.4 Å². The van der Waals surface area contributed by atoms with E-state index in [0.29, 0.717) is 6.61 Å². The first-order valence-electron chi connectivity index (χ1n) is 7.37. The number of rotatable bonds is 8. The van der Waals surface area contributed by atoms with Crippen molar-refractivity contribution >= 4 is 0 Å². The number of hydrogen-bond acceptors (Lipinski definition) is 3. The van der Waals surface area contributed by atoms with Crippen LogP contribution in [0.1, 0.15) is 11.1 Å². The van der Waals surface area contributed by atoms with Gasteiger partial charge in [0.2, 0.25) is 0 Å². The average molecular weight is 284 g/mol. The van der Waals surface area contributed by atoms with Gasteiger partial charge in [0.1, 0.15) is 12.4 Å². The summed E-state index contributed by atoms with van der Waals surface area (Å²) in [6.07, 6.45) is 0. The molecule has 0 radical (unpaired) electrons. The smallest absolute Gasteiger partial charge is 0.123 e. The van der Waals surface area contributed by atoms with Crippen LogP contribution in [-0.2, 0) is 13.1 Å². The summed E-state index contributed by atoms with van der Waals surface area (Å²) in [6.45, 7) is 3.38. The molecule has 2 rings (SSSR count). The lowest BCUT2D eigenvalue weighted by Gasteiger charge is -2.18. The Hall–Kier alpha value is -1.84. The fourth-order valence-electron chi connectivity index (χ4n) is 2.27. The highest BCUT2D eigenvalue weighted by atomic mass is 16.5. The molecule has 0 spiro atoms. The zero-order valence-electron chi connectivity index (χ0n) is 12.9. The minimum Gasteiger partial charge on any atom is -0.492 e. The summed E-state index contributed by atoms with van der Waals surface area (Å²) < 4.78 is 5.92. The molecule has 0 bridgehead atoms. The Kier molecular flexibility index (Phi) is 6.25. The van der Waals surface area contributed by atoms with Crippen LogP contribution in [0, 0.1) is 0 Å². The van der Waals surface area contributed by atoms with Crippen LogP contribution in [0.3, 0.4) is 0 Å². The van der Waals surface area contributed by atoms with Gasteiger partial charge >= 0.3 is 0 Å². The second-order valence-electron chi connectivity index (χ2n) is 5.21. The van der Waals surface area contributed by atoms with E-state index in [1.807, 2.05) is 31.3 Å². The van der Waals surface area contributed by atoms with Crippen molar-refractivity contribution in [2.24, 2.45) is 0 Å². The summed E-state index contributed by atoms with van der Waals surface area (Å²) in [4.78, 5) is 2.27. The number of ether oxygens (including phenoxy) is 1. The summed E-state index contributed by atoms with van der Waals surface area (Å²) in [5.74, 6) is 0.972. The predicted molar refractivity (Wildman–Crippen MR) is 87.5 cm³/mol. The first-order valence-corrected chi connectivity index (χ1v) is 7.37. The summed E-state index contributed by atoms with van der Waals surface area (Å²) in [5.41, 5.74) is 2.53. The Balaban J connectivity index is 1.79. The predicted octanol–water partition coefficient (Wildman–Crippen LogP) is 2.92. The largest absolute Gasteiger partial charge is 0.492 e. The van der Waals surface area contributed by atoms with Gasteiger partial charge in [-0.2, -0.15) is 0 Å². The normalized spacial score (nSPS) is 10.8. The molecule has 0 aliphatic rings. The zero-order valence-corrected chi connectivity index (χ0v) is 12.9. The molecule has 112 valence electrons. The summed E-state index contributed by atoms with van der Waals surface area (Å²) >= 11 is 0. The van der Waals surface area contributed by atoms with Gasteiger partial charge in [0.05, 0.1) is 0 Å². The standard InChI is InChI=1S/C18H24N2O/c1-19-14-17-10-6-7-11-18(17)21-13-12-20(2)15-16-8-4-3-5-9-16/h3-11,19H,12-15H2,1-2H3. The zero-order chi connectivity index (χ0) is 14.9. The van der Waals surface area contributed by atoms with Crippen LogP contribution in [0.15, 0.2) is 54.6 Å². The van der Waals surface area contributed by atoms with Gasteiger partial charge in [0.25, 0.3) is 0 Å². The Labute approximate surface area is 127 Å². The van der Waals surface area contributed by atoms with Crippen LogP contribution in [0.4, 0.5) is 0 Å². The number of hydrogen-bond donors (Lipinski definition) is 1. The van der Waals surface area contributed by atoms with Crippen molar-refractivity contribution in [3.05, 3.63) is 65.7 Å². The maximum absolute atomic E-state index is 5.92. The van der Waals surface area contributed by atoms with Crippen LogP contribution in [0.5, 0.6) is 5.75 Å². The molecule has 0 fully saturated rings. The molecule has 0 aromatic heterocycles. The van der Waals surface area contributed by atoms with Gasteiger partial charge < -0.3 is 10.1 Å². The van der Waals surface area contributed by atoms with E-state index in [2.05, 4.69) is 47.6 Å². The lowest BCUT2D eigenvalue weighted by atomic mass is 10.2. The van der Waals surface area contributed by atoms with Crippen LogP contribution in [0.25, 0.3) is 0 Å². The molecule has 3 nitrogen and oxygen atoms in total. The molecule has 21 heavy (non-hydrogen) atoms. The van der Waals surface area contributed by atoms with Gasteiger partial charge in [-0.3, -0.25) is 4.90 Å². The maximum atomic E-state index is 5.92. The molecule has 2 aromatic carbocycles. The fourth-order valence-corrected chi connectivity index (χ4v) is 2.27. The Morgan fingerprint density at radius 3 is 2.48 bits per heavy atom. The third-order valence-electron chi connectivity index (χ3n) is 3.37. The van der Waals surface area contributed by atoms with Gasteiger partial charge in [0, 0.05) is 25.2 Å². The fraction of sp³-hybridized carbons (Fsp3) is 0.333. The first-order chi connectivity index (χ1) is 10.3. The van der Waals surface area contributed by atoms with Gasteiger partial charge in [-0.25, -0.2) is 0 Å². The molecule has 0 saturated carbocycles. The van der Waals surface area contributed by atoms with Crippen molar-refractivity contribution in [2.45, 2.75) is 13.1 Å². The van der Waals surface area contributed by atoms with Gasteiger partial charge in [-0.15, -0.1) is 0 Å². The number of nitrogens with one attached hydrogen (secondary N) is 1. The summed E-state index contributed by atoms with van der Waals surface area (Å²) in [7, 11) is 4.07. The van der Waals surface area contributed by atoms with E-state index < -0.39 is 0 Å². The van der Waals surface area contributed by atoms with E-state index in [4.69, 9.17) is 4.74 Å². The van der Waals surface area contributed by atoms with Crippen molar-refractivity contribution in [3.8, 4) is 5.75 Å². The third kappa shape index (κ3) is 5.21. The highest BCUT2D eigenvalue weighted by Gasteiger charge is 2.04. The first kappa shape index (κ1) is 15.5. The highest BCUT2D eigenvalue weighted by Crippen LogP contribution is 2.17. The molecule has 0 saturated heterocycles. The van der Waals surface area contributed by atoms with Crippen LogP contribution in [-0.4, -0.2) is 32.1 Å². The molecule has 0 aliphatic carbocycles. The van der Waals surface area contributed by atoms with Crippen LogP contribution in [0.2, 0.25) is 0 Å². The molecule has 2 aromatic rings. The van der Waals surface area contributed by atoms with E-state index in [1.54, 1.807) is 0 Å². The topological polar surface area (TPSA) is 24.5 Å². The van der Waals surface area contributed by atoms with Gasteiger partial charge in [0.15, 0.2) is 0 Å². The van der Waals surface area contributed by atoms with Gasteiger partial charge in [-0.1, -0.05) is 48.5 Å². The van der Waals surface area contributed by atoms with Crippen molar-refractivity contribution in [1.29, 1.82) is 0 Å². The molecule has 0 heterocycles. The highest BCUT2D eigenvalue weighted by molar-refractivity contribution is 5.33. The Morgan fingerprint density at radius 1 is 1.00 bits per heavy atom. The Bertz CT molecular complexity index is 528. The maximum Gasteiger partial charge on any atom is 0.123 e. The van der Waals surface area contributed by atoms with Gasteiger partial charge in [-0.05, 0) is 25.7 Å². The van der Waals surface area contributed by atoms with E-state index in [-0.39, 0.29) is 0 Å². The number of para-hydroxylation sites is 1. The second kappa shape index (κ2) is 8.45. The average Bonchev–Trinajstić information content (AvgIpc) is 2.50. The molecule has 0 amide bonds. The number of nitrogens with zero attached hydrogens (tertiary/aromatic N) is 1. The molecule has 0 aliphatic heterocycles. The second-order valence-corrected chi connectivity index (χ2v) is 5.21. The van der Waals surface area contributed by atoms with Crippen LogP contribution >= 0.6 is 0 Å². The molecule has 0 atom stereocenters. The molecule has 0 unspecified atom stereocenters. The van der Waals surface area contributed by atoms with E-state index in [9.17, 15) is 0 Å². The molecule has 3 heteroatoms. The number of benzene rings is 2. The lowest BCUT2D eigenvalue weighted by Crippen LogP contribution is -2.24. The van der Waals surface area contributed by atoms with Crippen LogP contribution < -0.4 is 10.1 Å². The minimum atomic E-state index is 0.698. The van der Waals surface area contributed by atoms with Crippen molar-refractivity contribution in [3.63, 3.8) is 0 Å². The summed E-state index contributed by atoms with van der Waals surface area (Å²) in [6, 6.07) is 18.7. The Morgan fingerprint density at radius 2 is 1.71 bits per heavy atom. The monoisotopic (exact) mass is 284 g/mol. The molecule has 1 N–H and O–H groups in total. The number of likely N-dealkylation sites (N-methyl/N-ethyl adjacent to an activating group) is 1. The SMILES string of the molecule is CNCc1ccccc1OCCN(C)Cc1ccccc1. The quantitative estimate of drug-likeness (QED) is 0.806. The third-order valence-corrected chi connectivity index (χ3v) is 3.37. The van der Waals surface area contributed by atoms with Crippen molar-refractivity contribution in [1.82, 2.24) is 10.2 Å². The van der Waals surface area contributed by atoms with Crippen molar-refractivity contribution in [2.75, 3.05) is 27.2 Å².